The normalized spacial score (nSPS) is 19.6. The van der Waals surface area contributed by atoms with Crippen LogP contribution in [0.5, 0.6) is 0 Å². The Morgan fingerprint density at radius 1 is 1.59 bits per heavy atom. The number of hydrogen-bond donors (Lipinski definition) is 2. The quantitative estimate of drug-likeness (QED) is 0.787. The van der Waals surface area contributed by atoms with Gasteiger partial charge in [0, 0.05) is 13.1 Å². The van der Waals surface area contributed by atoms with E-state index >= 15 is 0 Å². The van der Waals surface area contributed by atoms with Crippen molar-refractivity contribution in [2.24, 2.45) is 5.92 Å². The van der Waals surface area contributed by atoms with Crippen molar-refractivity contribution in [1.29, 1.82) is 0 Å². The molecule has 1 aromatic rings. The highest BCUT2D eigenvalue weighted by Crippen LogP contribution is 2.31. The summed E-state index contributed by atoms with van der Waals surface area (Å²) in [5.74, 6) is -0.265. The van der Waals surface area contributed by atoms with E-state index in [1.54, 1.807) is 12.1 Å². The topological polar surface area (TPSA) is 66.6 Å². The van der Waals surface area contributed by atoms with Crippen LogP contribution in [0.1, 0.15) is 30.1 Å². The van der Waals surface area contributed by atoms with Crippen molar-refractivity contribution < 1.29 is 9.90 Å². The molecule has 1 fully saturated rings. The van der Waals surface area contributed by atoms with Gasteiger partial charge in [0.15, 0.2) is 0 Å². The highest BCUT2D eigenvalue weighted by molar-refractivity contribution is 5.97. The Morgan fingerprint density at radius 2 is 2.35 bits per heavy atom. The maximum atomic E-state index is 11.0. The lowest BCUT2D eigenvalue weighted by Gasteiger charge is -2.21. The largest absolute Gasteiger partial charge is 0.478 e. The number of benzene rings is 1. The maximum Gasteiger partial charge on any atom is 0.337 e. The first-order valence-electron chi connectivity index (χ1n) is 6.00. The minimum absolute atomic E-state index is 0.197. The minimum atomic E-state index is -0.962. The second kappa shape index (κ2) is 4.65. The second-order valence-corrected chi connectivity index (χ2v) is 4.55. The standard InChI is InChI=1S/C13H18N2O2/c1-2-9-6-7-15(8-9)11-5-3-4-10(12(11)14)13(16)17/h3-5,9H,2,6-8,14H2,1H3,(H,16,17). The predicted octanol–water partition coefficient (Wildman–Crippen LogP) is 2.20. The summed E-state index contributed by atoms with van der Waals surface area (Å²) in [6.07, 6.45) is 2.32. The van der Waals surface area contributed by atoms with Gasteiger partial charge < -0.3 is 15.7 Å². The van der Waals surface area contributed by atoms with Crippen LogP contribution in [0.4, 0.5) is 11.4 Å². The van der Waals surface area contributed by atoms with Gasteiger partial charge in [0.25, 0.3) is 0 Å². The van der Waals surface area contributed by atoms with Crippen molar-refractivity contribution >= 4 is 17.3 Å². The molecule has 0 radical (unpaired) electrons. The van der Waals surface area contributed by atoms with Crippen LogP contribution < -0.4 is 10.6 Å². The van der Waals surface area contributed by atoms with Crippen LogP contribution in [0.2, 0.25) is 0 Å². The number of carbonyl (C=O) groups is 1. The molecule has 0 saturated carbocycles. The maximum absolute atomic E-state index is 11.0. The average molecular weight is 234 g/mol. The number of nitrogens with two attached hydrogens (primary N) is 1. The highest BCUT2D eigenvalue weighted by Gasteiger charge is 2.23. The number of aromatic carboxylic acids is 1. The smallest absolute Gasteiger partial charge is 0.337 e. The third-order valence-corrected chi connectivity index (χ3v) is 3.52. The number of rotatable bonds is 3. The molecule has 0 amide bonds. The molecule has 3 N–H and O–H groups in total. The van der Waals surface area contributed by atoms with Crippen molar-refractivity contribution in [2.75, 3.05) is 23.7 Å². The van der Waals surface area contributed by atoms with E-state index in [1.807, 2.05) is 6.07 Å². The zero-order chi connectivity index (χ0) is 12.4. The van der Waals surface area contributed by atoms with E-state index in [9.17, 15) is 4.79 Å². The second-order valence-electron chi connectivity index (χ2n) is 4.55. The van der Waals surface area contributed by atoms with Crippen LogP contribution in [0.15, 0.2) is 18.2 Å². The molecule has 1 heterocycles. The van der Waals surface area contributed by atoms with E-state index in [-0.39, 0.29) is 5.56 Å². The van der Waals surface area contributed by atoms with E-state index in [1.165, 1.54) is 0 Å². The molecule has 1 saturated heterocycles. The molecule has 0 aliphatic carbocycles. The molecular weight excluding hydrogens is 216 g/mol. The Hall–Kier alpha value is -1.71. The summed E-state index contributed by atoms with van der Waals surface area (Å²) in [6, 6.07) is 5.21. The molecule has 4 heteroatoms. The molecule has 1 atom stereocenters. The van der Waals surface area contributed by atoms with Gasteiger partial charge in [-0.05, 0) is 24.5 Å². The molecule has 1 aromatic carbocycles. The summed E-state index contributed by atoms with van der Waals surface area (Å²) in [6.45, 7) is 4.13. The predicted molar refractivity (Wildman–Crippen MR) is 68.4 cm³/mol. The van der Waals surface area contributed by atoms with E-state index in [2.05, 4.69) is 11.8 Å². The fraction of sp³-hybridized carbons (Fsp3) is 0.462. The van der Waals surface area contributed by atoms with E-state index in [0.717, 1.165) is 31.6 Å². The lowest BCUT2D eigenvalue weighted by molar-refractivity contribution is 0.0698. The van der Waals surface area contributed by atoms with Gasteiger partial charge in [-0.3, -0.25) is 0 Å². The van der Waals surface area contributed by atoms with Crippen LogP contribution in [-0.4, -0.2) is 24.2 Å². The molecule has 0 spiro atoms. The number of carboxylic acids is 1. The van der Waals surface area contributed by atoms with Crippen molar-refractivity contribution in [3.63, 3.8) is 0 Å². The summed E-state index contributed by atoms with van der Waals surface area (Å²) < 4.78 is 0. The first-order chi connectivity index (χ1) is 8.13. The fourth-order valence-corrected chi connectivity index (χ4v) is 2.40. The van der Waals surface area contributed by atoms with E-state index in [0.29, 0.717) is 11.6 Å². The van der Waals surface area contributed by atoms with Crippen LogP contribution in [-0.2, 0) is 0 Å². The zero-order valence-electron chi connectivity index (χ0n) is 10.0. The first kappa shape index (κ1) is 11.8. The van der Waals surface area contributed by atoms with Gasteiger partial charge in [-0.25, -0.2) is 4.79 Å². The molecule has 92 valence electrons. The number of anilines is 2. The van der Waals surface area contributed by atoms with E-state index in [4.69, 9.17) is 10.8 Å². The number of nitrogens with zero attached hydrogens (tertiary/aromatic N) is 1. The molecule has 1 aliphatic heterocycles. The monoisotopic (exact) mass is 234 g/mol. The van der Waals surface area contributed by atoms with Crippen LogP contribution >= 0.6 is 0 Å². The van der Waals surface area contributed by atoms with E-state index < -0.39 is 5.97 Å². The third kappa shape index (κ3) is 2.20. The Bertz CT molecular complexity index is 431. The molecule has 17 heavy (non-hydrogen) atoms. The highest BCUT2D eigenvalue weighted by atomic mass is 16.4. The molecule has 2 rings (SSSR count). The summed E-state index contributed by atoms with van der Waals surface area (Å²) in [5.41, 5.74) is 7.37. The Balaban J connectivity index is 2.28. The summed E-state index contributed by atoms with van der Waals surface area (Å²) in [7, 11) is 0. The number of para-hydroxylation sites is 1. The van der Waals surface area contributed by atoms with Crippen LogP contribution in [0, 0.1) is 5.92 Å². The van der Waals surface area contributed by atoms with Gasteiger partial charge in [-0.1, -0.05) is 19.4 Å². The van der Waals surface area contributed by atoms with Crippen molar-refractivity contribution in [3.8, 4) is 0 Å². The number of carboxylic acid groups (broad SMARTS) is 1. The van der Waals surface area contributed by atoms with Gasteiger partial charge >= 0.3 is 5.97 Å². The molecular formula is C13H18N2O2. The number of nitrogen functional groups attached to an aromatic ring is 1. The van der Waals surface area contributed by atoms with Gasteiger partial charge in [0.05, 0.1) is 16.9 Å². The molecule has 4 nitrogen and oxygen atoms in total. The van der Waals surface area contributed by atoms with Crippen molar-refractivity contribution in [2.45, 2.75) is 19.8 Å². The van der Waals surface area contributed by atoms with Crippen LogP contribution in [0.3, 0.4) is 0 Å². The molecule has 1 aliphatic rings. The third-order valence-electron chi connectivity index (χ3n) is 3.52. The minimum Gasteiger partial charge on any atom is -0.478 e. The zero-order valence-corrected chi connectivity index (χ0v) is 10.0. The number of hydrogen-bond acceptors (Lipinski definition) is 3. The average Bonchev–Trinajstić information content (AvgIpc) is 2.77. The van der Waals surface area contributed by atoms with Gasteiger partial charge in [0.1, 0.15) is 0 Å². The molecule has 0 bridgehead atoms. The Labute approximate surface area is 101 Å². The van der Waals surface area contributed by atoms with Crippen molar-refractivity contribution in [3.05, 3.63) is 23.8 Å². The molecule has 1 unspecified atom stereocenters. The van der Waals surface area contributed by atoms with Gasteiger partial charge in [0.2, 0.25) is 0 Å². The van der Waals surface area contributed by atoms with Crippen molar-refractivity contribution in [1.82, 2.24) is 0 Å². The van der Waals surface area contributed by atoms with Crippen LogP contribution in [0.25, 0.3) is 0 Å². The fourth-order valence-electron chi connectivity index (χ4n) is 2.40. The lowest BCUT2D eigenvalue weighted by atomic mass is 10.1. The summed E-state index contributed by atoms with van der Waals surface area (Å²) in [4.78, 5) is 13.2. The summed E-state index contributed by atoms with van der Waals surface area (Å²) in [5, 5.41) is 9.03. The summed E-state index contributed by atoms with van der Waals surface area (Å²) >= 11 is 0. The molecule has 0 aromatic heterocycles. The first-order valence-corrected chi connectivity index (χ1v) is 6.00. The lowest BCUT2D eigenvalue weighted by Crippen LogP contribution is -2.21. The SMILES string of the molecule is CCC1CCN(c2cccc(C(=O)O)c2N)C1. The Kier molecular flexibility index (Phi) is 3.22. The van der Waals surface area contributed by atoms with Gasteiger partial charge in [-0.2, -0.15) is 0 Å². The Morgan fingerprint density at radius 3 is 2.94 bits per heavy atom. The van der Waals surface area contributed by atoms with Gasteiger partial charge in [-0.15, -0.1) is 0 Å².